The van der Waals surface area contributed by atoms with Crippen LogP contribution in [0.1, 0.15) is 55.9 Å². The van der Waals surface area contributed by atoms with Crippen LogP contribution >= 0.6 is 0 Å². The number of aliphatic hydroxyl groups is 2. The van der Waals surface area contributed by atoms with Gasteiger partial charge in [0.1, 0.15) is 12.4 Å². The predicted molar refractivity (Wildman–Crippen MR) is 115 cm³/mol. The van der Waals surface area contributed by atoms with Gasteiger partial charge in [0.15, 0.2) is 0 Å². The van der Waals surface area contributed by atoms with Crippen LogP contribution in [0.15, 0.2) is 48.5 Å². The molecule has 162 valence electrons. The van der Waals surface area contributed by atoms with Gasteiger partial charge in [-0.1, -0.05) is 50.2 Å². The van der Waals surface area contributed by atoms with E-state index in [1.807, 2.05) is 24.3 Å². The van der Waals surface area contributed by atoms with Gasteiger partial charge in [-0.2, -0.15) is 0 Å². The molecule has 0 amide bonds. The van der Waals surface area contributed by atoms with Gasteiger partial charge in [0.2, 0.25) is 0 Å². The Bertz CT molecular complexity index is 806. The summed E-state index contributed by atoms with van der Waals surface area (Å²) < 4.78 is 16.1. The maximum atomic E-state index is 10.3. The third kappa shape index (κ3) is 5.61. The Labute approximate surface area is 178 Å². The summed E-state index contributed by atoms with van der Waals surface area (Å²) in [4.78, 5) is 0. The molecule has 0 bridgehead atoms. The summed E-state index contributed by atoms with van der Waals surface area (Å²) in [5.41, 5.74) is 3.12. The summed E-state index contributed by atoms with van der Waals surface area (Å²) in [7, 11) is 0. The lowest BCUT2D eigenvalue weighted by Gasteiger charge is -2.27. The lowest BCUT2D eigenvalue weighted by molar-refractivity contribution is 0.0959. The molecule has 2 heterocycles. The Hall–Kier alpha value is -1.92. The summed E-state index contributed by atoms with van der Waals surface area (Å²) >= 11 is 0. The lowest BCUT2D eigenvalue weighted by Crippen LogP contribution is -2.20. The number of benzene rings is 2. The van der Waals surface area contributed by atoms with Crippen LogP contribution < -0.4 is 4.74 Å². The van der Waals surface area contributed by atoms with E-state index in [1.54, 1.807) is 0 Å². The van der Waals surface area contributed by atoms with Crippen LogP contribution in [0, 0.1) is 0 Å². The summed E-state index contributed by atoms with van der Waals surface area (Å²) in [6, 6.07) is 16.3. The molecule has 2 aromatic carbocycles. The first kappa shape index (κ1) is 21.3. The number of hydrogen-bond acceptors (Lipinski definition) is 5. The van der Waals surface area contributed by atoms with Gasteiger partial charge in [0.25, 0.3) is 0 Å². The molecule has 2 aromatic rings. The van der Waals surface area contributed by atoms with Crippen LogP contribution in [0.5, 0.6) is 5.75 Å². The maximum absolute atomic E-state index is 10.3. The van der Waals surface area contributed by atoms with E-state index in [9.17, 15) is 10.2 Å². The Morgan fingerprint density at radius 3 is 2.07 bits per heavy atom. The van der Waals surface area contributed by atoms with Gasteiger partial charge in [-0.05, 0) is 41.7 Å². The highest BCUT2D eigenvalue weighted by Gasteiger charge is 2.27. The van der Waals surface area contributed by atoms with Gasteiger partial charge in [-0.25, -0.2) is 0 Å². The Morgan fingerprint density at radius 1 is 0.933 bits per heavy atom. The number of epoxide rings is 2. The van der Waals surface area contributed by atoms with E-state index in [1.165, 1.54) is 11.1 Å². The molecule has 4 unspecified atom stereocenters. The number of rotatable bonds is 11. The van der Waals surface area contributed by atoms with Crippen molar-refractivity contribution in [3.05, 3.63) is 65.2 Å². The van der Waals surface area contributed by atoms with Gasteiger partial charge in [0.05, 0.1) is 37.6 Å². The zero-order valence-corrected chi connectivity index (χ0v) is 17.8. The van der Waals surface area contributed by atoms with E-state index in [4.69, 9.17) is 14.2 Å². The first-order valence-electron chi connectivity index (χ1n) is 10.8. The minimum atomic E-state index is -0.474. The smallest absolute Gasteiger partial charge is 0.119 e. The van der Waals surface area contributed by atoms with Gasteiger partial charge in [-0.3, -0.25) is 0 Å². The van der Waals surface area contributed by atoms with Crippen molar-refractivity contribution < 1.29 is 24.4 Å². The summed E-state index contributed by atoms with van der Waals surface area (Å²) in [5.74, 6) is 0.761. The summed E-state index contributed by atoms with van der Waals surface area (Å²) in [6.07, 6.45) is 1.86. The van der Waals surface area contributed by atoms with Crippen molar-refractivity contribution in [2.45, 2.75) is 62.9 Å². The number of hydrogen-bond donors (Lipinski definition) is 2. The molecule has 30 heavy (non-hydrogen) atoms. The van der Waals surface area contributed by atoms with Crippen LogP contribution in [-0.2, 0) is 14.9 Å². The van der Waals surface area contributed by atoms with E-state index < -0.39 is 12.2 Å². The second kappa shape index (κ2) is 9.06. The molecule has 0 radical (unpaired) electrons. The third-order valence-corrected chi connectivity index (χ3v) is 6.15. The van der Waals surface area contributed by atoms with E-state index in [2.05, 4.69) is 38.1 Å². The van der Waals surface area contributed by atoms with Crippen LogP contribution in [0.25, 0.3) is 0 Å². The van der Waals surface area contributed by atoms with Crippen LogP contribution in [0.3, 0.4) is 0 Å². The fraction of sp³-hybridized carbons (Fsp3) is 0.520. The van der Waals surface area contributed by atoms with Crippen molar-refractivity contribution in [2.75, 3.05) is 19.8 Å². The molecule has 4 rings (SSSR count). The highest BCUT2D eigenvalue weighted by Crippen LogP contribution is 2.34. The van der Waals surface area contributed by atoms with Crippen molar-refractivity contribution in [3.63, 3.8) is 0 Å². The van der Waals surface area contributed by atoms with Gasteiger partial charge >= 0.3 is 0 Å². The van der Waals surface area contributed by atoms with Crippen molar-refractivity contribution in [1.82, 2.24) is 0 Å². The minimum absolute atomic E-state index is 0.175. The van der Waals surface area contributed by atoms with Crippen molar-refractivity contribution in [1.29, 1.82) is 0 Å². The van der Waals surface area contributed by atoms with E-state index >= 15 is 0 Å². The molecule has 5 heteroatoms. The standard InChI is InChI=1S/C25H32O5/c1-25(2,18-5-3-17(4-6-18)24(27)13-23-16-30-23)19-7-10-21(11-8-19)28-14-20(26)9-12-22-15-29-22/h3-8,10-11,20,22-24,26-27H,9,12-16H2,1-2H3. The van der Waals surface area contributed by atoms with Crippen LogP contribution in [0.2, 0.25) is 0 Å². The van der Waals surface area contributed by atoms with Crippen molar-refractivity contribution in [3.8, 4) is 5.75 Å². The lowest BCUT2D eigenvalue weighted by atomic mass is 9.78. The summed E-state index contributed by atoms with van der Waals surface area (Å²) in [5, 5.41) is 20.3. The van der Waals surface area contributed by atoms with E-state index in [0.717, 1.165) is 30.9 Å². The number of aliphatic hydroxyl groups excluding tert-OH is 2. The zero-order valence-electron chi connectivity index (χ0n) is 17.8. The minimum Gasteiger partial charge on any atom is -0.491 e. The van der Waals surface area contributed by atoms with E-state index in [0.29, 0.717) is 25.6 Å². The normalized spacial score (nSPS) is 22.4. The second-order valence-corrected chi connectivity index (χ2v) is 8.98. The quantitative estimate of drug-likeness (QED) is 0.550. The maximum Gasteiger partial charge on any atom is 0.119 e. The van der Waals surface area contributed by atoms with Crippen molar-refractivity contribution in [2.24, 2.45) is 0 Å². The molecular weight excluding hydrogens is 380 g/mol. The zero-order chi connectivity index (χ0) is 21.1. The third-order valence-electron chi connectivity index (χ3n) is 6.15. The molecule has 0 aliphatic carbocycles. The number of ether oxygens (including phenoxy) is 3. The molecule has 0 aromatic heterocycles. The first-order valence-corrected chi connectivity index (χ1v) is 10.8. The van der Waals surface area contributed by atoms with Gasteiger partial charge in [-0.15, -0.1) is 0 Å². The largest absolute Gasteiger partial charge is 0.491 e. The van der Waals surface area contributed by atoms with Gasteiger partial charge < -0.3 is 24.4 Å². The Balaban J connectivity index is 1.33. The monoisotopic (exact) mass is 412 g/mol. The topological polar surface area (TPSA) is 74.8 Å². The fourth-order valence-corrected chi connectivity index (χ4v) is 3.73. The van der Waals surface area contributed by atoms with Crippen molar-refractivity contribution >= 4 is 0 Å². The Kier molecular flexibility index (Phi) is 6.44. The molecular formula is C25H32O5. The molecule has 2 aliphatic rings. The average Bonchev–Trinajstić information content (AvgIpc) is 3.67. The SMILES string of the molecule is CC(C)(c1ccc(OCC(O)CCC2CO2)cc1)c1ccc(C(O)CC2CO2)cc1. The first-order chi connectivity index (χ1) is 14.4. The highest BCUT2D eigenvalue weighted by atomic mass is 16.6. The summed E-state index contributed by atoms with van der Waals surface area (Å²) in [6.45, 7) is 6.26. The fourth-order valence-electron chi connectivity index (χ4n) is 3.73. The average molecular weight is 413 g/mol. The molecule has 0 spiro atoms. The molecule has 2 fully saturated rings. The van der Waals surface area contributed by atoms with Crippen LogP contribution in [-0.4, -0.2) is 48.3 Å². The Morgan fingerprint density at radius 2 is 1.50 bits per heavy atom. The molecule has 2 saturated heterocycles. The predicted octanol–water partition coefficient (Wildman–Crippen LogP) is 3.75. The molecule has 2 N–H and O–H groups in total. The van der Waals surface area contributed by atoms with E-state index in [-0.39, 0.29) is 11.5 Å². The highest BCUT2D eigenvalue weighted by molar-refractivity contribution is 5.41. The van der Waals surface area contributed by atoms with Gasteiger partial charge in [0, 0.05) is 11.8 Å². The molecule has 2 aliphatic heterocycles. The molecule has 5 nitrogen and oxygen atoms in total. The molecule has 4 atom stereocenters. The second-order valence-electron chi connectivity index (χ2n) is 8.98. The molecule has 0 saturated carbocycles. The van der Waals surface area contributed by atoms with Crippen LogP contribution in [0.4, 0.5) is 0 Å².